The molecule has 1 aromatic rings. The summed E-state index contributed by atoms with van der Waals surface area (Å²) in [6.45, 7) is 0. The van der Waals surface area contributed by atoms with Crippen LogP contribution in [0.3, 0.4) is 0 Å². The van der Waals surface area contributed by atoms with Crippen molar-refractivity contribution < 1.29 is 0 Å². The molecule has 0 heterocycles. The molecule has 0 radical (unpaired) electrons. The molecule has 1 nitrogen and oxygen atoms in total. The maximum atomic E-state index is 8.53. The first kappa shape index (κ1) is 8.39. The van der Waals surface area contributed by atoms with Crippen molar-refractivity contribution in [1.29, 1.82) is 5.26 Å². The van der Waals surface area contributed by atoms with Crippen LogP contribution in [0, 0.1) is 11.3 Å². The first-order valence-corrected chi connectivity index (χ1v) is 3.77. The van der Waals surface area contributed by atoms with Gasteiger partial charge in [-0.15, -0.1) is 0 Å². The van der Waals surface area contributed by atoms with Crippen LogP contribution in [0.2, 0.25) is 0 Å². The van der Waals surface area contributed by atoms with E-state index in [4.69, 9.17) is 28.5 Å². The topological polar surface area (TPSA) is 23.8 Å². The molecule has 0 bridgehead atoms. The molecule has 0 spiro atoms. The van der Waals surface area contributed by atoms with Gasteiger partial charge in [0.2, 0.25) is 4.33 Å². The predicted molar refractivity (Wildman–Crippen MR) is 45.4 cm³/mol. The van der Waals surface area contributed by atoms with E-state index in [0.717, 1.165) is 0 Å². The Labute approximate surface area is 75.2 Å². The third-order valence-electron chi connectivity index (χ3n) is 1.28. The standard InChI is InChI=1S/C8H5Cl2N/c9-8(10,6-11)7-4-2-1-3-5-7/h1-5H. The van der Waals surface area contributed by atoms with E-state index in [-0.39, 0.29) is 0 Å². The molecule has 0 atom stereocenters. The molecule has 11 heavy (non-hydrogen) atoms. The largest absolute Gasteiger partial charge is 0.228 e. The molecule has 0 aliphatic carbocycles. The zero-order chi connectivity index (χ0) is 8.32. The normalized spacial score (nSPS) is 10.6. The predicted octanol–water partition coefficient (Wildman–Crippen LogP) is 2.84. The number of halogens is 2. The minimum absolute atomic E-state index is 0.603. The second-order valence-electron chi connectivity index (χ2n) is 2.05. The fourth-order valence-corrected chi connectivity index (χ4v) is 0.964. The highest BCUT2D eigenvalue weighted by atomic mass is 35.5. The van der Waals surface area contributed by atoms with Crippen molar-refractivity contribution in [2.24, 2.45) is 0 Å². The van der Waals surface area contributed by atoms with E-state index >= 15 is 0 Å². The van der Waals surface area contributed by atoms with Crippen molar-refractivity contribution in [1.82, 2.24) is 0 Å². The van der Waals surface area contributed by atoms with Crippen LogP contribution in [0.1, 0.15) is 5.56 Å². The Hall–Kier alpha value is -0.710. The van der Waals surface area contributed by atoms with Crippen molar-refractivity contribution in [2.75, 3.05) is 0 Å². The van der Waals surface area contributed by atoms with Gasteiger partial charge in [-0.2, -0.15) is 5.26 Å². The zero-order valence-electron chi connectivity index (χ0n) is 5.59. The number of benzene rings is 1. The lowest BCUT2D eigenvalue weighted by Gasteiger charge is -2.08. The molecule has 0 aliphatic heterocycles. The van der Waals surface area contributed by atoms with Gasteiger partial charge < -0.3 is 0 Å². The monoisotopic (exact) mass is 185 g/mol. The summed E-state index contributed by atoms with van der Waals surface area (Å²) in [5, 5.41) is 8.53. The van der Waals surface area contributed by atoms with E-state index in [1.165, 1.54) is 0 Å². The van der Waals surface area contributed by atoms with Crippen LogP contribution in [0.5, 0.6) is 0 Å². The van der Waals surface area contributed by atoms with Gasteiger partial charge in [0.15, 0.2) is 0 Å². The maximum Gasteiger partial charge on any atom is 0.228 e. The van der Waals surface area contributed by atoms with Gasteiger partial charge in [-0.05, 0) is 0 Å². The summed E-state index contributed by atoms with van der Waals surface area (Å²) in [5.41, 5.74) is 0.603. The molecule has 3 heteroatoms. The molecule has 0 aromatic heterocycles. The lowest BCUT2D eigenvalue weighted by molar-refractivity contribution is 1.11. The van der Waals surface area contributed by atoms with E-state index in [2.05, 4.69) is 0 Å². The van der Waals surface area contributed by atoms with E-state index < -0.39 is 4.33 Å². The fraction of sp³-hybridized carbons (Fsp3) is 0.125. The van der Waals surface area contributed by atoms with Gasteiger partial charge in [0.1, 0.15) is 6.07 Å². The lowest BCUT2D eigenvalue weighted by atomic mass is 10.2. The second kappa shape index (κ2) is 3.13. The van der Waals surface area contributed by atoms with E-state index in [1.807, 2.05) is 6.07 Å². The minimum atomic E-state index is -1.42. The van der Waals surface area contributed by atoms with Gasteiger partial charge in [-0.1, -0.05) is 53.5 Å². The van der Waals surface area contributed by atoms with Crippen LogP contribution in [-0.4, -0.2) is 0 Å². The lowest BCUT2D eigenvalue weighted by Crippen LogP contribution is -2.05. The Kier molecular flexibility index (Phi) is 2.38. The van der Waals surface area contributed by atoms with Crippen molar-refractivity contribution >= 4 is 23.2 Å². The van der Waals surface area contributed by atoms with Crippen molar-refractivity contribution in [3.05, 3.63) is 35.9 Å². The molecule has 0 fully saturated rings. The minimum Gasteiger partial charge on any atom is -0.195 e. The highest BCUT2D eigenvalue weighted by Gasteiger charge is 2.24. The number of hydrogen-bond donors (Lipinski definition) is 0. The summed E-state index contributed by atoms with van der Waals surface area (Å²) in [6.07, 6.45) is 0. The van der Waals surface area contributed by atoms with Crippen LogP contribution in [0.15, 0.2) is 30.3 Å². The molecule has 1 aromatic carbocycles. The Balaban J connectivity index is 3.05. The van der Waals surface area contributed by atoms with Crippen LogP contribution in [-0.2, 0) is 4.33 Å². The quantitative estimate of drug-likeness (QED) is 0.618. The molecule has 0 unspecified atom stereocenters. The Bertz CT molecular complexity index is 274. The van der Waals surface area contributed by atoms with E-state index in [0.29, 0.717) is 5.56 Å². The van der Waals surface area contributed by atoms with Crippen LogP contribution < -0.4 is 0 Å². The molecular weight excluding hydrogens is 181 g/mol. The number of hydrogen-bond acceptors (Lipinski definition) is 1. The number of nitrogens with zero attached hydrogens (tertiary/aromatic N) is 1. The first-order valence-electron chi connectivity index (χ1n) is 3.01. The van der Waals surface area contributed by atoms with Crippen molar-refractivity contribution in [2.45, 2.75) is 4.33 Å². The Morgan fingerprint density at radius 2 is 1.73 bits per heavy atom. The molecule has 0 saturated heterocycles. The molecule has 0 amide bonds. The summed E-state index contributed by atoms with van der Waals surface area (Å²) in [5.74, 6) is 0. The smallest absolute Gasteiger partial charge is 0.195 e. The average Bonchev–Trinajstić information content (AvgIpc) is 2.06. The zero-order valence-corrected chi connectivity index (χ0v) is 7.10. The van der Waals surface area contributed by atoms with Crippen molar-refractivity contribution in [3.8, 4) is 6.07 Å². The number of nitriles is 1. The van der Waals surface area contributed by atoms with E-state index in [1.54, 1.807) is 30.3 Å². The highest BCUT2D eigenvalue weighted by molar-refractivity contribution is 6.49. The van der Waals surface area contributed by atoms with Gasteiger partial charge in [0, 0.05) is 5.56 Å². The average molecular weight is 186 g/mol. The van der Waals surface area contributed by atoms with Gasteiger partial charge in [-0.3, -0.25) is 0 Å². The molecular formula is C8H5Cl2N. The van der Waals surface area contributed by atoms with Crippen LogP contribution in [0.25, 0.3) is 0 Å². The SMILES string of the molecule is N#CC(Cl)(Cl)c1ccccc1. The molecule has 0 saturated carbocycles. The first-order chi connectivity index (χ1) is 5.17. The third-order valence-corrected chi connectivity index (χ3v) is 1.88. The van der Waals surface area contributed by atoms with Crippen molar-refractivity contribution in [3.63, 3.8) is 0 Å². The molecule has 0 aliphatic rings. The summed E-state index contributed by atoms with van der Waals surface area (Å²) in [6, 6.07) is 10.6. The summed E-state index contributed by atoms with van der Waals surface area (Å²) >= 11 is 11.3. The van der Waals surface area contributed by atoms with E-state index in [9.17, 15) is 0 Å². The molecule has 1 rings (SSSR count). The molecule has 56 valence electrons. The Morgan fingerprint density at radius 3 is 2.18 bits per heavy atom. The van der Waals surface area contributed by atoms with Gasteiger partial charge in [0.05, 0.1) is 0 Å². The van der Waals surface area contributed by atoms with Gasteiger partial charge in [-0.25, -0.2) is 0 Å². The van der Waals surface area contributed by atoms with Crippen LogP contribution >= 0.6 is 23.2 Å². The van der Waals surface area contributed by atoms with Crippen LogP contribution in [0.4, 0.5) is 0 Å². The summed E-state index contributed by atoms with van der Waals surface area (Å²) < 4.78 is -1.42. The number of rotatable bonds is 1. The van der Waals surface area contributed by atoms with Gasteiger partial charge in [0.25, 0.3) is 0 Å². The molecule has 0 N–H and O–H groups in total. The maximum absolute atomic E-state index is 8.53. The second-order valence-corrected chi connectivity index (χ2v) is 3.38. The highest BCUT2D eigenvalue weighted by Crippen LogP contribution is 2.32. The summed E-state index contributed by atoms with van der Waals surface area (Å²) in [7, 11) is 0. The Morgan fingerprint density at radius 1 is 1.18 bits per heavy atom. The fourth-order valence-electron chi connectivity index (χ4n) is 0.712. The number of alkyl halides is 2. The van der Waals surface area contributed by atoms with Gasteiger partial charge >= 0.3 is 0 Å². The third kappa shape index (κ3) is 1.86. The summed E-state index contributed by atoms with van der Waals surface area (Å²) in [4.78, 5) is 0.